The molecule has 1 amide bonds. The fraction of sp³-hybridized carbons (Fsp3) is 0.579. The Kier molecular flexibility index (Phi) is 6.81. The van der Waals surface area contributed by atoms with E-state index in [1.165, 1.54) is 19.1 Å². The van der Waals surface area contributed by atoms with Gasteiger partial charge >= 0.3 is 5.97 Å². The summed E-state index contributed by atoms with van der Waals surface area (Å²) in [6, 6.07) is 5.97. The molecular weight excluding hydrogens is 354 g/mol. The molecule has 0 bridgehead atoms. The zero-order valence-electron chi connectivity index (χ0n) is 15.5. The SMILES string of the molecule is CCS(=O)(=O)c1ccccc1C(=O)OCC(=O)N[C@H]1CCC[C@H](C)[C@@H]1C. The maximum atomic E-state index is 12.3. The van der Waals surface area contributed by atoms with Gasteiger partial charge in [-0.05, 0) is 30.4 Å². The van der Waals surface area contributed by atoms with Gasteiger partial charge in [0.05, 0.1) is 16.2 Å². The number of hydrogen-bond acceptors (Lipinski definition) is 5. The Morgan fingerprint density at radius 3 is 2.58 bits per heavy atom. The lowest BCUT2D eigenvalue weighted by molar-refractivity contribution is -0.125. The van der Waals surface area contributed by atoms with Crippen LogP contribution in [0, 0.1) is 11.8 Å². The van der Waals surface area contributed by atoms with E-state index in [-0.39, 0.29) is 28.2 Å². The molecule has 0 spiro atoms. The summed E-state index contributed by atoms with van der Waals surface area (Å²) >= 11 is 0. The standard InChI is InChI=1S/C19H27NO5S/c1-4-26(23,24)17-11-6-5-9-15(17)19(22)25-12-18(21)20-16-10-7-8-13(2)14(16)3/h5-6,9,11,13-14,16H,4,7-8,10,12H2,1-3H3,(H,20,21)/t13-,14-,16-/m0/s1. The van der Waals surface area contributed by atoms with E-state index >= 15 is 0 Å². The second-order valence-electron chi connectivity index (χ2n) is 6.92. The van der Waals surface area contributed by atoms with Gasteiger partial charge in [-0.2, -0.15) is 0 Å². The van der Waals surface area contributed by atoms with Crippen LogP contribution in [0.4, 0.5) is 0 Å². The molecule has 1 aromatic rings. The van der Waals surface area contributed by atoms with Gasteiger partial charge < -0.3 is 10.1 Å². The molecule has 0 aromatic heterocycles. The molecule has 2 rings (SSSR count). The Labute approximate surface area is 155 Å². The summed E-state index contributed by atoms with van der Waals surface area (Å²) in [5.74, 6) is -0.366. The third-order valence-corrected chi connectivity index (χ3v) is 7.00. The van der Waals surface area contributed by atoms with Crippen molar-refractivity contribution in [2.75, 3.05) is 12.4 Å². The monoisotopic (exact) mass is 381 g/mol. The van der Waals surface area contributed by atoms with Crippen LogP contribution in [-0.2, 0) is 19.4 Å². The minimum absolute atomic E-state index is 0.0400. The van der Waals surface area contributed by atoms with E-state index in [1.54, 1.807) is 12.1 Å². The molecule has 0 unspecified atom stereocenters. The molecule has 1 aliphatic carbocycles. The van der Waals surface area contributed by atoms with Gasteiger partial charge in [0.25, 0.3) is 5.91 Å². The molecule has 1 fully saturated rings. The number of amides is 1. The van der Waals surface area contributed by atoms with Crippen molar-refractivity contribution in [1.29, 1.82) is 0 Å². The first-order valence-electron chi connectivity index (χ1n) is 9.04. The highest BCUT2D eigenvalue weighted by molar-refractivity contribution is 7.91. The average Bonchev–Trinajstić information content (AvgIpc) is 2.63. The van der Waals surface area contributed by atoms with Crippen molar-refractivity contribution in [3.8, 4) is 0 Å². The topological polar surface area (TPSA) is 89.5 Å². The zero-order chi connectivity index (χ0) is 19.3. The predicted octanol–water partition coefficient (Wildman–Crippen LogP) is 2.58. The number of nitrogens with one attached hydrogen (secondary N) is 1. The summed E-state index contributed by atoms with van der Waals surface area (Å²) in [5, 5.41) is 2.93. The van der Waals surface area contributed by atoms with Crippen molar-refractivity contribution in [3.05, 3.63) is 29.8 Å². The van der Waals surface area contributed by atoms with Crippen LogP contribution in [0.5, 0.6) is 0 Å². The Morgan fingerprint density at radius 2 is 1.88 bits per heavy atom. The number of esters is 1. The highest BCUT2D eigenvalue weighted by Gasteiger charge is 2.28. The number of hydrogen-bond donors (Lipinski definition) is 1. The lowest BCUT2D eigenvalue weighted by Gasteiger charge is -2.34. The van der Waals surface area contributed by atoms with Gasteiger partial charge in [-0.1, -0.05) is 45.7 Å². The van der Waals surface area contributed by atoms with Crippen LogP contribution >= 0.6 is 0 Å². The Balaban J connectivity index is 1.98. The van der Waals surface area contributed by atoms with Gasteiger partial charge in [-0.25, -0.2) is 13.2 Å². The van der Waals surface area contributed by atoms with Gasteiger partial charge in [0.1, 0.15) is 0 Å². The van der Waals surface area contributed by atoms with Crippen LogP contribution in [0.15, 0.2) is 29.2 Å². The summed E-state index contributed by atoms with van der Waals surface area (Å²) < 4.78 is 29.3. The quantitative estimate of drug-likeness (QED) is 0.765. The highest BCUT2D eigenvalue weighted by Crippen LogP contribution is 2.29. The normalized spacial score (nSPS) is 23.3. The van der Waals surface area contributed by atoms with Crippen LogP contribution in [0.25, 0.3) is 0 Å². The summed E-state index contributed by atoms with van der Waals surface area (Å²) in [6.07, 6.45) is 3.15. The molecule has 1 saturated carbocycles. The van der Waals surface area contributed by atoms with Crippen molar-refractivity contribution < 1.29 is 22.7 Å². The Bertz CT molecular complexity index is 759. The number of rotatable bonds is 6. The Morgan fingerprint density at radius 1 is 1.19 bits per heavy atom. The molecular formula is C19H27NO5S. The first-order valence-corrected chi connectivity index (χ1v) is 10.7. The molecule has 0 radical (unpaired) electrons. The second kappa shape index (κ2) is 8.66. The molecule has 0 aliphatic heterocycles. The van der Waals surface area contributed by atoms with Crippen molar-refractivity contribution >= 4 is 21.7 Å². The van der Waals surface area contributed by atoms with Crippen LogP contribution in [0.3, 0.4) is 0 Å². The van der Waals surface area contributed by atoms with E-state index in [9.17, 15) is 18.0 Å². The fourth-order valence-electron chi connectivity index (χ4n) is 3.30. The third-order valence-electron chi connectivity index (χ3n) is 5.21. The van der Waals surface area contributed by atoms with Crippen molar-refractivity contribution in [3.63, 3.8) is 0 Å². The smallest absolute Gasteiger partial charge is 0.339 e. The molecule has 1 aromatic carbocycles. The van der Waals surface area contributed by atoms with Gasteiger partial charge in [0, 0.05) is 6.04 Å². The van der Waals surface area contributed by atoms with Crippen LogP contribution < -0.4 is 5.32 Å². The van der Waals surface area contributed by atoms with Gasteiger partial charge in [0.2, 0.25) is 0 Å². The number of ether oxygens (including phenoxy) is 1. The summed E-state index contributed by atoms with van der Waals surface area (Å²) in [5.41, 5.74) is -0.0400. The highest BCUT2D eigenvalue weighted by atomic mass is 32.2. The first-order chi connectivity index (χ1) is 12.3. The molecule has 0 heterocycles. The van der Waals surface area contributed by atoms with E-state index in [2.05, 4.69) is 19.2 Å². The van der Waals surface area contributed by atoms with Gasteiger partial charge in [-0.3, -0.25) is 4.79 Å². The third kappa shape index (κ3) is 4.84. The molecule has 26 heavy (non-hydrogen) atoms. The van der Waals surface area contributed by atoms with Crippen molar-refractivity contribution in [2.45, 2.75) is 51.0 Å². The predicted molar refractivity (Wildman–Crippen MR) is 98.6 cm³/mol. The van der Waals surface area contributed by atoms with E-state index < -0.39 is 22.4 Å². The number of carbonyl (C=O) groups excluding carboxylic acids is 2. The minimum atomic E-state index is -3.55. The maximum absolute atomic E-state index is 12.3. The van der Waals surface area contributed by atoms with Crippen molar-refractivity contribution in [2.24, 2.45) is 11.8 Å². The molecule has 7 heteroatoms. The number of carbonyl (C=O) groups is 2. The summed E-state index contributed by atoms with van der Waals surface area (Å²) in [7, 11) is -3.55. The number of benzene rings is 1. The summed E-state index contributed by atoms with van der Waals surface area (Å²) in [6.45, 7) is 5.38. The van der Waals surface area contributed by atoms with Crippen LogP contribution in [0.2, 0.25) is 0 Å². The number of sulfone groups is 1. The van der Waals surface area contributed by atoms with Crippen LogP contribution in [0.1, 0.15) is 50.4 Å². The maximum Gasteiger partial charge on any atom is 0.339 e. The lowest BCUT2D eigenvalue weighted by Crippen LogP contribution is -2.45. The van der Waals surface area contributed by atoms with E-state index in [4.69, 9.17) is 4.74 Å². The molecule has 144 valence electrons. The summed E-state index contributed by atoms with van der Waals surface area (Å²) in [4.78, 5) is 24.3. The van der Waals surface area contributed by atoms with Crippen LogP contribution in [-0.4, -0.2) is 38.7 Å². The van der Waals surface area contributed by atoms with E-state index in [0.717, 1.165) is 19.3 Å². The molecule has 3 atom stereocenters. The second-order valence-corrected chi connectivity index (χ2v) is 9.16. The fourth-order valence-corrected chi connectivity index (χ4v) is 4.39. The molecule has 0 saturated heterocycles. The molecule has 6 nitrogen and oxygen atoms in total. The van der Waals surface area contributed by atoms with Gasteiger partial charge in [-0.15, -0.1) is 0 Å². The lowest BCUT2D eigenvalue weighted by atomic mass is 9.78. The largest absolute Gasteiger partial charge is 0.452 e. The average molecular weight is 381 g/mol. The van der Waals surface area contributed by atoms with Crippen molar-refractivity contribution in [1.82, 2.24) is 5.32 Å². The first kappa shape index (κ1) is 20.4. The van der Waals surface area contributed by atoms with Gasteiger partial charge in [0.15, 0.2) is 16.4 Å². The Hall–Kier alpha value is -1.89. The molecule has 1 N–H and O–H groups in total. The van der Waals surface area contributed by atoms with E-state index in [1.807, 2.05) is 0 Å². The van der Waals surface area contributed by atoms with E-state index in [0.29, 0.717) is 11.8 Å². The zero-order valence-corrected chi connectivity index (χ0v) is 16.3. The minimum Gasteiger partial charge on any atom is -0.452 e. The molecule has 1 aliphatic rings.